The summed E-state index contributed by atoms with van der Waals surface area (Å²) in [5.74, 6) is 0.00268. The Morgan fingerprint density at radius 2 is 1.62 bits per heavy atom. The van der Waals surface area contributed by atoms with Gasteiger partial charge in [-0.05, 0) is 42.7 Å². The molecule has 1 aromatic heterocycles. The molecule has 3 aromatic rings. The number of methoxy groups -OCH3 is 1. The molecule has 0 spiro atoms. The zero-order valence-electron chi connectivity index (χ0n) is 14.9. The largest absolute Gasteiger partial charge is 0.467 e. The molecule has 132 valence electrons. The van der Waals surface area contributed by atoms with Gasteiger partial charge >= 0.3 is 6.01 Å². The van der Waals surface area contributed by atoms with Gasteiger partial charge in [0.25, 0.3) is 0 Å². The fourth-order valence-electron chi connectivity index (χ4n) is 3.38. The molecule has 3 rings (SSSR count). The van der Waals surface area contributed by atoms with Crippen LogP contribution in [0.3, 0.4) is 0 Å². The van der Waals surface area contributed by atoms with Crippen LogP contribution in [0.2, 0.25) is 0 Å². The fraction of sp³-hybridized carbons (Fsp3) is 0.190. The third kappa shape index (κ3) is 3.03. The summed E-state index contributed by atoms with van der Waals surface area (Å²) in [5, 5.41) is 0. The molecule has 0 bridgehead atoms. The molecule has 0 radical (unpaired) electrons. The van der Waals surface area contributed by atoms with Gasteiger partial charge in [0, 0.05) is 22.4 Å². The Morgan fingerprint density at radius 3 is 2.15 bits per heavy atom. The van der Waals surface area contributed by atoms with Crippen LogP contribution in [-0.4, -0.2) is 22.9 Å². The number of benzene rings is 2. The van der Waals surface area contributed by atoms with Crippen LogP contribution in [0.15, 0.2) is 65.4 Å². The van der Waals surface area contributed by atoms with Crippen molar-refractivity contribution in [2.75, 3.05) is 7.11 Å². The summed E-state index contributed by atoms with van der Waals surface area (Å²) in [6.45, 7) is 3.62. The average Bonchev–Trinajstić information content (AvgIpc) is 2.65. The maximum Gasteiger partial charge on any atom is 0.316 e. The van der Waals surface area contributed by atoms with Gasteiger partial charge in [-0.1, -0.05) is 52.3 Å². The van der Waals surface area contributed by atoms with Crippen LogP contribution in [-0.2, 0) is 10.2 Å². The van der Waals surface area contributed by atoms with E-state index in [1.54, 1.807) is 19.3 Å². The van der Waals surface area contributed by atoms with Gasteiger partial charge in [-0.3, -0.25) is 4.79 Å². The highest BCUT2D eigenvalue weighted by atomic mass is 79.9. The predicted octanol–water partition coefficient (Wildman–Crippen LogP) is 4.48. The summed E-state index contributed by atoms with van der Waals surface area (Å²) in [4.78, 5) is 21.7. The summed E-state index contributed by atoms with van der Waals surface area (Å²) in [7, 11) is 1.52. The second-order valence-corrected chi connectivity index (χ2v) is 7.00. The van der Waals surface area contributed by atoms with Crippen molar-refractivity contribution >= 4 is 21.7 Å². The number of aromatic nitrogens is 2. The van der Waals surface area contributed by atoms with E-state index in [4.69, 9.17) is 4.74 Å². The van der Waals surface area contributed by atoms with Crippen molar-refractivity contribution in [2.45, 2.75) is 19.3 Å². The van der Waals surface area contributed by atoms with E-state index in [2.05, 4.69) is 25.9 Å². The number of aryl methyl sites for hydroxylation is 1. The zero-order chi connectivity index (χ0) is 18.7. The number of carbonyl (C=O) groups is 1. The molecule has 0 aliphatic heterocycles. The average molecular weight is 411 g/mol. The van der Waals surface area contributed by atoms with Crippen molar-refractivity contribution < 1.29 is 9.53 Å². The number of hydrogen-bond acceptors (Lipinski definition) is 4. The van der Waals surface area contributed by atoms with E-state index in [9.17, 15) is 4.79 Å². The molecule has 5 heteroatoms. The molecule has 0 aliphatic rings. The SMILES string of the molecule is COc1ncc([C@](C(C)=O)(c2ccc(Br)cc2)c2ccccc2C)cn1. The monoisotopic (exact) mass is 410 g/mol. The van der Waals surface area contributed by atoms with E-state index in [0.29, 0.717) is 5.56 Å². The van der Waals surface area contributed by atoms with Crippen LogP contribution in [0.5, 0.6) is 6.01 Å². The Labute approximate surface area is 161 Å². The molecule has 0 saturated carbocycles. The topological polar surface area (TPSA) is 52.1 Å². The second-order valence-electron chi connectivity index (χ2n) is 6.09. The number of halogens is 1. The minimum absolute atomic E-state index is 0.00268. The predicted molar refractivity (Wildman–Crippen MR) is 104 cm³/mol. The van der Waals surface area contributed by atoms with E-state index in [-0.39, 0.29) is 11.8 Å². The summed E-state index contributed by atoms with van der Waals surface area (Å²) in [6.07, 6.45) is 3.34. The highest BCUT2D eigenvalue weighted by Crippen LogP contribution is 2.41. The van der Waals surface area contributed by atoms with Crippen molar-refractivity contribution in [3.63, 3.8) is 0 Å². The van der Waals surface area contributed by atoms with Gasteiger partial charge in [0.2, 0.25) is 0 Å². The van der Waals surface area contributed by atoms with Crippen molar-refractivity contribution in [3.05, 3.63) is 87.7 Å². The van der Waals surface area contributed by atoms with Crippen LogP contribution in [0.25, 0.3) is 0 Å². The molecule has 0 unspecified atom stereocenters. The second kappa shape index (κ2) is 7.38. The van der Waals surface area contributed by atoms with Gasteiger partial charge in [-0.15, -0.1) is 0 Å². The lowest BCUT2D eigenvalue weighted by Gasteiger charge is -2.34. The Balaban J connectivity index is 2.37. The van der Waals surface area contributed by atoms with E-state index in [1.165, 1.54) is 7.11 Å². The third-order valence-electron chi connectivity index (χ3n) is 4.60. The first-order chi connectivity index (χ1) is 12.5. The standard InChI is InChI=1S/C21H19BrN2O2/c1-14-6-4-5-7-19(14)21(15(2)25,16-8-10-18(22)11-9-16)17-12-23-20(26-3)24-13-17/h4-13H,1-3H3/t21-/m0/s1. The first-order valence-corrected chi connectivity index (χ1v) is 8.99. The van der Waals surface area contributed by atoms with Gasteiger partial charge < -0.3 is 4.74 Å². The third-order valence-corrected chi connectivity index (χ3v) is 5.13. The molecule has 26 heavy (non-hydrogen) atoms. The maximum atomic E-state index is 13.2. The van der Waals surface area contributed by atoms with E-state index >= 15 is 0 Å². The zero-order valence-corrected chi connectivity index (χ0v) is 16.4. The van der Waals surface area contributed by atoms with Crippen LogP contribution in [0, 0.1) is 6.92 Å². The van der Waals surface area contributed by atoms with Crippen molar-refractivity contribution in [1.29, 1.82) is 0 Å². The summed E-state index contributed by atoms with van der Waals surface area (Å²) in [5.41, 5.74) is 2.54. The van der Waals surface area contributed by atoms with E-state index < -0.39 is 5.41 Å². The molecule has 0 amide bonds. The quantitative estimate of drug-likeness (QED) is 0.621. The highest BCUT2D eigenvalue weighted by Gasteiger charge is 2.42. The number of rotatable bonds is 5. The number of ether oxygens (including phenoxy) is 1. The first kappa shape index (κ1) is 18.3. The lowest BCUT2D eigenvalue weighted by molar-refractivity contribution is -0.119. The number of nitrogens with zero attached hydrogens (tertiary/aromatic N) is 2. The smallest absolute Gasteiger partial charge is 0.316 e. The lowest BCUT2D eigenvalue weighted by atomic mass is 9.66. The molecule has 0 fully saturated rings. The van der Waals surface area contributed by atoms with Crippen LogP contribution < -0.4 is 4.74 Å². The number of carbonyl (C=O) groups excluding carboxylic acids is 1. The van der Waals surface area contributed by atoms with E-state index in [1.807, 2.05) is 55.5 Å². The Kier molecular flexibility index (Phi) is 5.18. The van der Waals surface area contributed by atoms with Gasteiger partial charge in [0.05, 0.1) is 7.11 Å². The van der Waals surface area contributed by atoms with Crippen molar-refractivity contribution in [1.82, 2.24) is 9.97 Å². The molecular weight excluding hydrogens is 392 g/mol. The lowest BCUT2D eigenvalue weighted by Crippen LogP contribution is -2.38. The number of Topliss-reactive ketones (excluding diaryl/α,β-unsaturated/α-hetero) is 1. The number of ketones is 1. The molecule has 0 saturated heterocycles. The molecule has 2 aromatic carbocycles. The van der Waals surface area contributed by atoms with Gasteiger partial charge in [-0.25, -0.2) is 9.97 Å². The normalized spacial score (nSPS) is 13.1. The van der Waals surface area contributed by atoms with Gasteiger partial charge in [0.15, 0.2) is 0 Å². The molecule has 1 atom stereocenters. The molecule has 1 heterocycles. The molecule has 0 N–H and O–H groups in total. The number of hydrogen-bond donors (Lipinski definition) is 0. The van der Waals surface area contributed by atoms with E-state index in [0.717, 1.165) is 21.2 Å². The Hall–Kier alpha value is -2.53. The summed E-state index contributed by atoms with van der Waals surface area (Å²) in [6, 6.07) is 16.0. The van der Waals surface area contributed by atoms with Gasteiger partial charge in [-0.2, -0.15) is 0 Å². The maximum absolute atomic E-state index is 13.2. The summed E-state index contributed by atoms with van der Waals surface area (Å²) < 4.78 is 6.03. The molecule has 0 aliphatic carbocycles. The van der Waals surface area contributed by atoms with Crippen LogP contribution >= 0.6 is 15.9 Å². The Bertz CT molecular complexity index is 924. The minimum Gasteiger partial charge on any atom is -0.467 e. The Morgan fingerprint density at radius 1 is 1.00 bits per heavy atom. The van der Waals surface area contributed by atoms with Crippen molar-refractivity contribution in [2.24, 2.45) is 0 Å². The first-order valence-electron chi connectivity index (χ1n) is 8.20. The van der Waals surface area contributed by atoms with Crippen LogP contribution in [0.1, 0.15) is 29.2 Å². The minimum atomic E-state index is -0.988. The van der Waals surface area contributed by atoms with Crippen LogP contribution in [0.4, 0.5) is 0 Å². The fourth-order valence-corrected chi connectivity index (χ4v) is 3.65. The van der Waals surface area contributed by atoms with Gasteiger partial charge in [0.1, 0.15) is 11.2 Å². The van der Waals surface area contributed by atoms with Crippen molar-refractivity contribution in [3.8, 4) is 6.01 Å². The molecular formula is C21H19BrN2O2. The summed E-state index contributed by atoms with van der Waals surface area (Å²) >= 11 is 3.47. The highest BCUT2D eigenvalue weighted by molar-refractivity contribution is 9.10. The molecule has 4 nitrogen and oxygen atoms in total.